The van der Waals surface area contributed by atoms with Crippen LogP contribution in [-0.4, -0.2) is 31.2 Å². The van der Waals surface area contributed by atoms with E-state index < -0.39 is 14.8 Å². The van der Waals surface area contributed by atoms with E-state index in [2.05, 4.69) is 17.0 Å². The molecule has 0 aliphatic heterocycles. The predicted molar refractivity (Wildman–Crippen MR) is 106 cm³/mol. The summed E-state index contributed by atoms with van der Waals surface area (Å²) in [5.74, 6) is 1.42. The molecule has 3 aliphatic carbocycles. The van der Waals surface area contributed by atoms with Gasteiger partial charge in [0.1, 0.15) is 0 Å². The van der Waals surface area contributed by atoms with Crippen molar-refractivity contribution in [1.29, 1.82) is 0 Å². The number of benzene rings is 1. The van der Waals surface area contributed by atoms with Crippen LogP contribution in [0.5, 0.6) is 0 Å². The van der Waals surface area contributed by atoms with E-state index in [9.17, 15) is 13.2 Å². The molecule has 0 saturated heterocycles. The van der Waals surface area contributed by atoms with Gasteiger partial charge in [0, 0.05) is 22.7 Å². The van der Waals surface area contributed by atoms with Crippen molar-refractivity contribution in [2.45, 2.75) is 62.8 Å². The third-order valence-electron chi connectivity index (χ3n) is 6.76. The highest BCUT2D eigenvalue weighted by atomic mass is 35.5. The van der Waals surface area contributed by atoms with Crippen molar-refractivity contribution in [3.05, 3.63) is 34.9 Å². The molecule has 0 spiro atoms. The number of halogens is 1. The minimum atomic E-state index is -3.21. The Hall–Kier alpha value is -1.11. The van der Waals surface area contributed by atoms with Crippen molar-refractivity contribution < 1.29 is 13.2 Å². The number of hydrogen-bond donors (Lipinski definition) is 2. The summed E-state index contributed by atoms with van der Waals surface area (Å²) in [6, 6.07) is 7.12. The Kier molecular flexibility index (Phi) is 4.80. The highest BCUT2D eigenvalue weighted by Crippen LogP contribution is 2.59. The first-order valence-corrected chi connectivity index (χ1v) is 11.7. The van der Waals surface area contributed by atoms with Crippen LogP contribution in [0.25, 0.3) is 0 Å². The zero-order valence-electron chi connectivity index (χ0n) is 15.7. The summed E-state index contributed by atoms with van der Waals surface area (Å²) in [5, 5.41) is 3.78. The molecule has 7 heteroatoms. The summed E-state index contributed by atoms with van der Waals surface area (Å²) < 4.78 is 27.2. The van der Waals surface area contributed by atoms with Crippen molar-refractivity contribution in [2.75, 3.05) is 0 Å². The van der Waals surface area contributed by atoms with Gasteiger partial charge >= 0.3 is 0 Å². The molecule has 4 rings (SSSR count). The molecule has 1 aromatic rings. The second kappa shape index (κ2) is 6.75. The average molecular weight is 411 g/mol. The number of amides is 1. The van der Waals surface area contributed by atoms with Crippen LogP contribution in [0.15, 0.2) is 24.3 Å². The molecule has 3 fully saturated rings. The molecular weight excluding hydrogens is 384 g/mol. The second-order valence-electron chi connectivity index (χ2n) is 8.64. The number of hydrogen-bond acceptors (Lipinski definition) is 3. The molecule has 3 unspecified atom stereocenters. The van der Waals surface area contributed by atoms with Crippen molar-refractivity contribution in [2.24, 2.45) is 17.8 Å². The van der Waals surface area contributed by atoms with Crippen molar-refractivity contribution in [1.82, 2.24) is 10.0 Å². The quantitative estimate of drug-likeness (QED) is 0.723. The zero-order chi connectivity index (χ0) is 19.4. The molecule has 5 atom stereocenters. The van der Waals surface area contributed by atoms with Gasteiger partial charge in [-0.05, 0) is 81.0 Å². The summed E-state index contributed by atoms with van der Waals surface area (Å²) in [6.45, 7) is 3.92. The monoisotopic (exact) mass is 410 g/mol. The van der Waals surface area contributed by atoms with Gasteiger partial charge < -0.3 is 5.32 Å². The molecule has 2 N–H and O–H groups in total. The second-order valence-corrected chi connectivity index (χ2v) is 11.3. The SMILES string of the molecule is CCC(NC(=O)c1ccc(Cl)cc1)C1[C@H]2CC(NS(=O)(=O)C3(C)CC3)C[C@@H]12. The van der Waals surface area contributed by atoms with Gasteiger partial charge in [-0.15, -0.1) is 0 Å². The lowest BCUT2D eigenvalue weighted by Crippen LogP contribution is -2.42. The zero-order valence-corrected chi connectivity index (χ0v) is 17.3. The minimum Gasteiger partial charge on any atom is -0.349 e. The van der Waals surface area contributed by atoms with Crippen LogP contribution in [0, 0.1) is 17.8 Å². The molecular formula is C20H27ClN2O3S. The van der Waals surface area contributed by atoms with Gasteiger partial charge in [0.2, 0.25) is 10.0 Å². The average Bonchev–Trinajstić information content (AvgIpc) is 3.49. The summed E-state index contributed by atoms with van der Waals surface area (Å²) in [7, 11) is -3.21. The Balaban J connectivity index is 1.32. The van der Waals surface area contributed by atoms with Gasteiger partial charge in [-0.25, -0.2) is 13.1 Å². The molecule has 0 radical (unpaired) electrons. The van der Waals surface area contributed by atoms with E-state index in [-0.39, 0.29) is 18.0 Å². The molecule has 0 bridgehead atoms. The maximum Gasteiger partial charge on any atom is 0.251 e. The van der Waals surface area contributed by atoms with Crippen LogP contribution < -0.4 is 10.0 Å². The lowest BCUT2D eigenvalue weighted by atomic mass is 9.99. The van der Waals surface area contributed by atoms with E-state index in [0.717, 1.165) is 32.1 Å². The number of nitrogens with one attached hydrogen (secondary N) is 2. The first-order chi connectivity index (χ1) is 12.7. The van der Waals surface area contributed by atoms with Gasteiger partial charge in [0.25, 0.3) is 5.91 Å². The fraction of sp³-hybridized carbons (Fsp3) is 0.650. The Morgan fingerprint density at radius 3 is 2.33 bits per heavy atom. The van der Waals surface area contributed by atoms with Crippen molar-refractivity contribution in [3.8, 4) is 0 Å². The van der Waals surface area contributed by atoms with Crippen LogP contribution in [0.4, 0.5) is 0 Å². The molecule has 27 heavy (non-hydrogen) atoms. The van der Waals surface area contributed by atoms with Crippen molar-refractivity contribution >= 4 is 27.5 Å². The third kappa shape index (κ3) is 3.64. The maximum atomic E-state index is 12.5. The highest BCUT2D eigenvalue weighted by molar-refractivity contribution is 7.91. The molecule has 1 amide bonds. The van der Waals surface area contributed by atoms with Gasteiger partial charge in [-0.1, -0.05) is 18.5 Å². The van der Waals surface area contributed by atoms with E-state index in [1.165, 1.54) is 0 Å². The highest BCUT2D eigenvalue weighted by Gasteiger charge is 2.60. The summed E-state index contributed by atoms with van der Waals surface area (Å²) in [6.07, 6.45) is 4.18. The Labute approximate surface area is 166 Å². The smallest absolute Gasteiger partial charge is 0.251 e. The standard InChI is InChI=1S/C20H27ClN2O3S/c1-3-17(22-19(24)12-4-6-13(21)7-5-12)18-15-10-14(11-16(15)18)23-27(25,26)20(2)8-9-20/h4-7,14-18,23H,3,8-11H2,1-2H3,(H,22,24)/t14?,15-,16+,17?,18?. The number of fused-ring (bicyclic) bond motifs is 1. The molecule has 0 aromatic heterocycles. The van der Waals surface area contributed by atoms with Gasteiger partial charge in [-0.3, -0.25) is 4.79 Å². The number of carbonyl (C=O) groups is 1. The van der Waals surface area contributed by atoms with Crippen molar-refractivity contribution in [3.63, 3.8) is 0 Å². The Bertz CT molecular complexity index is 823. The van der Waals surface area contributed by atoms with E-state index in [1.54, 1.807) is 24.3 Å². The van der Waals surface area contributed by atoms with Crippen LogP contribution in [0.1, 0.15) is 56.3 Å². The normalized spacial score (nSPS) is 31.8. The molecule has 1 aromatic carbocycles. The van der Waals surface area contributed by atoms with Crippen LogP contribution in [-0.2, 0) is 10.0 Å². The van der Waals surface area contributed by atoms with Crippen LogP contribution in [0.2, 0.25) is 5.02 Å². The lowest BCUT2D eigenvalue weighted by Gasteiger charge is -2.23. The van der Waals surface area contributed by atoms with E-state index in [1.807, 2.05) is 6.92 Å². The van der Waals surface area contributed by atoms with E-state index in [0.29, 0.717) is 28.3 Å². The number of carbonyl (C=O) groups excluding carboxylic acids is 1. The largest absolute Gasteiger partial charge is 0.349 e. The van der Waals surface area contributed by atoms with Gasteiger partial charge in [0.05, 0.1) is 4.75 Å². The first kappa shape index (κ1) is 19.2. The maximum absolute atomic E-state index is 12.5. The third-order valence-corrected chi connectivity index (χ3v) is 9.36. The molecule has 5 nitrogen and oxygen atoms in total. The number of sulfonamides is 1. The fourth-order valence-corrected chi connectivity index (χ4v) is 6.40. The summed E-state index contributed by atoms with van der Waals surface area (Å²) in [5.41, 5.74) is 0.618. The first-order valence-electron chi connectivity index (χ1n) is 9.82. The molecule has 3 aliphatic rings. The Morgan fingerprint density at radius 2 is 1.81 bits per heavy atom. The molecule has 3 saturated carbocycles. The predicted octanol–water partition coefficient (Wildman–Crippen LogP) is 3.34. The lowest BCUT2D eigenvalue weighted by molar-refractivity contribution is 0.0927. The molecule has 148 valence electrons. The summed E-state index contributed by atoms with van der Waals surface area (Å²) >= 11 is 5.89. The van der Waals surface area contributed by atoms with E-state index in [4.69, 9.17) is 11.6 Å². The Morgan fingerprint density at radius 1 is 1.22 bits per heavy atom. The van der Waals surface area contributed by atoms with Crippen LogP contribution >= 0.6 is 11.6 Å². The fourth-order valence-electron chi connectivity index (χ4n) is 4.71. The van der Waals surface area contributed by atoms with Gasteiger partial charge in [-0.2, -0.15) is 0 Å². The number of rotatable bonds is 7. The van der Waals surface area contributed by atoms with Crippen LogP contribution in [0.3, 0.4) is 0 Å². The minimum absolute atomic E-state index is 0.0585. The van der Waals surface area contributed by atoms with Gasteiger partial charge in [0.15, 0.2) is 0 Å². The topological polar surface area (TPSA) is 75.3 Å². The molecule has 0 heterocycles. The summed E-state index contributed by atoms with van der Waals surface area (Å²) in [4.78, 5) is 12.5. The van der Waals surface area contributed by atoms with E-state index >= 15 is 0 Å².